The Morgan fingerprint density at radius 2 is 1.86 bits per heavy atom. The summed E-state index contributed by atoms with van der Waals surface area (Å²) >= 11 is 7.77. The summed E-state index contributed by atoms with van der Waals surface area (Å²) in [5, 5.41) is 10.8. The molecule has 1 N–H and O–H groups in total. The molecule has 0 saturated heterocycles. The first kappa shape index (κ1) is 8.08. The summed E-state index contributed by atoms with van der Waals surface area (Å²) in [6.07, 6.45) is 2.53. The van der Waals surface area contributed by atoms with E-state index < -0.39 is 0 Å². The third-order valence-electron chi connectivity index (χ3n) is 6.31. The van der Waals surface area contributed by atoms with Crippen molar-refractivity contribution in [2.75, 3.05) is 0 Å². The quantitative estimate of drug-likeness (QED) is 0.680. The molecular formula is C11H12Br2O. The van der Waals surface area contributed by atoms with E-state index in [-0.39, 0.29) is 8.83 Å². The van der Waals surface area contributed by atoms with Crippen LogP contribution in [0.3, 0.4) is 0 Å². The SMILES string of the molecule is OC12CC3C4CC5C3C1C(Br)(Br)C5C42. The highest BCUT2D eigenvalue weighted by Gasteiger charge is 2.89. The Kier molecular flexibility index (Phi) is 1.04. The Morgan fingerprint density at radius 3 is 2.57 bits per heavy atom. The maximum absolute atomic E-state index is 10.8. The zero-order valence-electron chi connectivity index (χ0n) is 7.66. The molecule has 0 aromatic heterocycles. The van der Waals surface area contributed by atoms with Crippen molar-refractivity contribution in [2.45, 2.75) is 21.7 Å². The number of aliphatic hydroxyl groups is 1. The highest BCUT2D eigenvalue weighted by molar-refractivity contribution is 9.25. The van der Waals surface area contributed by atoms with Crippen LogP contribution < -0.4 is 0 Å². The van der Waals surface area contributed by atoms with Crippen LogP contribution >= 0.6 is 31.9 Å². The third-order valence-corrected chi connectivity index (χ3v) is 8.36. The van der Waals surface area contributed by atoms with Crippen molar-refractivity contribution >= 4 is 31.9 Å². The molecule has 3 heteroatoms. The second-order valence-corrected chi connectivity index (χ2v) is 9.89. The van der Waals surface area contributed by atoms with Crippen LogP contribution in [0.1, 0.15) is 12.8 Å². The molecule has 0 radical (unpaired) electrons. The fourth-order valence-electron chi connectivity index (χ4n) is 6.55. The summed E-state index contributed by atoms with van der Waals surface area (Å²) in [6.45, 7) is 0. The highest BCUT2D eigenvalue weighted by atomic mass is 79.9. The smallest absolute Gasteiger partial charge is 0.0898 e. The molecule has 1 nitrogen and oxygen atoms in total. The van der Waals surface area contributed by atoms with Gasteiger partial charge < -0.3 is 5.11 Å². The largest absolute Gasteiger partial charge is 0.389 e. The summed E-state index contributed by atoms with van der Waals surface area (Å²) < 4.78 is 0.0920. The highest BCUT2D eigenvalue weighted by Crippen LogP contribution is 2.88. The van der Waals surface area contributed by atoms with Gasteiger partial charge in [-0.3, -0.25) is 0 Å². The van der Waals surface area contributed by atoms with E-state index in [4.69, 9.17) is 0 Å². The molecule has 0 aliphatic heterocycles. The van der Waals surface area contributed by atoms with E-state index in [2.05, 4.69) is 31.9 Å². The van der Waals surface area contributed by atoms with Crippen LogP contribution in [-0.2, 0) is 0 Å². The maximum Gasteiger partial charge on any atom is 0.0898 e. The van der Waals surface area contributed by atoms with Gasteiger partial charge in [-0.1, -0.05) is 31.9 Å². The van der Waals surface area contributed by atoms with Gasteiger partial charge in [-0.05, 0) is 48.3 Å². The van der Waals surface area contributed by atoms with E-state index in [1.807, 2.05) is 0 Å². The average molecular weight is 320 g/mol. The number of alkyl halides is 2. The molecule has 0 aromatic rings. The standard InChI is InChI=1S/C11H12Br2O/c12-11(13)8-4-1-3-5-2-10(14,7(3)8)9(11)6(4)5/h3-9,14H,1-2H2. The Labute approximate surface area is 99.9 Å². The topological polar surface area (TPSA) is 20.2 Å². The van der Waals surface area contributed by atoms with E-state index >= 15 is 0 Å². The van der Waals surface area contributed by atoms with Crippen LogP contribution in [0.25, 0.3) is 0 Å². The van der Waals surface area contributed by atoms with Gasteiger partial charge in [0.25, 0.3) is 0 Å². The van der Waals surface area contributed by atoms with Crippen LogP contribution in [0.15, 0.2) is 0 Å². The molecule has 8 atom stereocenters. The minimum Gasteiger partial charge on any atom is -0.389 e. The lowest BCUT2D eigenvalue weighted by molar-refractivity contribution is -0.0538. The first-order chi connectivity index (χ1) is 6.57. The van der Waals surface area contributed by atoms with E-state index in [1.165, 1.54) is 6.42 Å². The molecule has 0 spiro atoms. The Bertz CT molecular complexity index is 368. The van der Waals surface area contributed by atoms with Gasteiger partial charge >= 0.3 is 0 Å². The van der Waals surface area contributed by atoms with E-state index in [0.29, 0.717) is 11.8 Å². The summed E-state index contributed by atoms with van der Waals surface area (Å²) in [6, 6.07) is 0. The van der Waals surface area contributed by atoms with Crippen LogP contribution in [0, 0.1) is 41.4 Å². The first-order valence-corrected chi connectivity index (χ1v) is 7.25. The second kappa shape index (κ2) is 1.80. The number of rotatable bonds is 0. The molecule has 0 amide bonds. The van der Waals surface area contributed by atoms with Gasteiger partial charge in [-0.15, -0.1) is 0 Å². The first-order valence-electron chi connectivity index (χ1n) is 5.67. The molecule has 6 bridgehead atoms. The zero-order chi connectivity index (χ0) is 9.46. The van der Waals surface area contributed by atoms with Crippen molar-refractivity contribution in [2.24, 2.45) is 41.4 Å². The van der Waals surface area contributed by atoms with Gasteiger partial charge in [0.15, 0.2) is 0 Å². The predicted molar refractivity (Wildman–Crippen MR) is 59.2 cm³/mol. The van der Waals surface area contributed by atoms with Gasteiger partial charge in [0.05, 0.1) is 8.83 Å². The molecule has 6 aliphatic carbocycles. The van der Waals surface area contributed by atoms with E-state index in [0.717, 1.165) is 36.0 Å². The van der Waals surface area contributed by atoms with Crippen molar-refractivity contribution in [1.82, 2.24) is 0 Å². The minimum absolute atomic E-state index is 0.0920. The van der Waals surface area contributed by atoms with Gasteiger partial charge in [0.1, 0.15) is 0 Å². The fraction of sp³-hybridized carbons (Fsp3) is 1.00. The van der Waals surface area contributed by atoms with Crippen LogP contribution in [-0.4, -0.2) is 13.9 Å². The van der Waals surface area contributed by atoms with Crippen molar-refractivity contribution in [3.63, 3.8) is 0 Å². The van der Waals surface area contributed by atoms with Crippen molar-refractivity contribution in [3.05, 3.63) is 0 Å². The minimum atomic E-state index is -0.287. The van der Waals surface area contributed by atoms with Gasteiger partial charge in [-0.2, -0.15) is 0 Å². The molecule has 6 saturated carbocycles. The molecule has 0 heterocycles. The molecule has 6 rings (SSSR count). The van der Waals surface area contributed by atoms with Gasteiger partial charge in [0.2, 0.25) is 0 Å². The average Bonchev–Trinajstić information content (AvgIpc) is 2.70. The second-order valence-electron chi connectivity index (χ2n) is 6.20. The lowest BCUT2D eigenvalue weighted by atomic mass is 9.69. The molecule has 6 aliphatic rings. The normalized spacial score (nSPS) is 78.6. The van der Waals surface area contributed by atoms with Crippen LogP contribution in [0.2, 0.25) is 0 Å². The molecule has 6 fully saturated rings. The van der Waals surface area contributed by atoms with Crippen LogP contribution in [0.5, 0.6) is 0 Å². The Hall–Kier alpha value is 0.920. The molecule has 14 heavy (non-hydrogen) atoms. The lowest BCUT2D eigenvalue weighted by Gasteiger charge is -2.38. The summed E-state index contributed by atoms with van der Waals surface area (Å²) in [7, 11) is 0. The predicted octanol–water partition coefficient (Wildman–Crippen LogP) is 2.37. The molecule has 0 aromatic carbocycles. The van der Waals surface area contributed by atoms with Crippen molar-refractivity contribution in [1.29, 1.82) is 0 Å². The Balaban J connectivity index is 1.89. The lowest BCUT2D eigenvalue weighted by Crippen LogP contribution is -2.43. The van der Waals surface area contributed by atoms with Crippen LogP contribution in [0.4, 0.5) is 0 Å². The number of hydrogen-bond acceptors (Lipinski definition) is 1. The van der Waals surface area contributed by atoms with Gasteiger partial charge in [-0.25, -0.2) is 0 Å². The van der Waals surface area contributed by atoms with E-state index in [9.17, 15) is 5.11 Å². The monoisotopic (exact) mass is 318 g/mol. The maximum atomic E-state index is 10.8. The molecular weight excluding hydrogens is 308 g/mol. The Morgan fingerprint density at radius 1 is 1.07 bits per heavy atom. The zero-order valence-corrected chi connectivity index (χ0v) is 10.8. The van der Waals surface area contributed by atoms with E-state index in [1.54, 1.807) is 0 Å². The summed E-state index contributed by atoms with van der Waals surface area (Å²) in [5.41, 5.74) is -0.287. The molecule has 8 unspecified atom stereocenters. The number of hydrogen-bond donors (Lipinski definition) is 1. The van der Waals surface area contributed by atoms with Gasteiger partial charge in [0, 0.05) is 5.92 Å². The third kappa shape index (κ3) is 0.479. The number of halogens is 2. The summed E-state index contributed by atoms with van der Waals surface area (Å²) in [4.78, 5) is 0. The van der Waals surface area contributed by atoms with Crippen molar-refractivity contribution in [3.8, 4) is 0 Å². The fourth-order valence-corrected chi connectivity index (χ4v) is 9.20. The van der Waals surface area contributed by atoms with Crippen molar-refractivity contribution < 1.29 is 5.11 Å². The molecule has 76 valence electrons. The summed E-state index contributed by atoms with van der Waals surface area (Å²) in [5.74, 6) is 5.41.